The van der Waals surface area contributed by atoms with Gasteiger partial charge in [-0.2, -0.15) is 0 Å². The second-order valence-corrected chi connectivity index (χ2v) is 13.9. The fourth-order valence-corrected chi connectivity index (χ4v) is 8.27. The van der Waals surface area contributed by atoms with E-state index in [1.165, 1.54) is 24.2 Å². The molecule has 1 saturated carbocycles. The molecule has 0 radical (unpaired) electrons. The van der Waals surface area contributed by atoms with E-state index in [0.29, 0.717) is 40.2 Å². The molecule has 218 valence electrons. The number of aryl methyl sites for hydroxylation is 1. The number of aromatic carboxylic acids is 1. The number of hydrogen-bond acceptors (Lipinski definition) is 6. The summed E-state index contributed by atoms with van der Waals surface area (Å²) in [4.78, 5) is 15.8. The Bertz CT molecular complexity index is 1590. The predicted octanol–water partition coefficient (Wildman–Crippen LogP) is 8.97. The van der Waals surface area contributed by atoms with Gasteiger partial charge in [0, 0.05) is 45.4 Å². The average molecular weight is 624 g/mol. The number of carboxylic acids is 1. The molecule has 1 aliphatic carbocycles. The number of benzene rings is 2. The minimum Gasteiger partial charge on any atom is -0.478 e. The van der Waals surface area contributed by atoms with Gasteiger partial charge in [-0.15, -0.1) is 11.3 Å². The van der Waals surface area contributed by atoms with Crippen molar-refractivity contribution in [1.29, 1.82) is 0 Å². The second-order valence-electron chi connectivity index (χ2n) is 11.8. The van der Waals surface area contributed by atoms with Crippen LogP contribution in [0.3, 0.4) is 0 Å². The first-order chi connectivity index (χ1) is 20.4. The van der Waals surface area contributed by atoms with Crippen molar-refractivity contribution in [2.24, 2.45) is 0 Å². The van der Waals surface area contributed by atoms with Crippen LogP contribution in [0.5, 0.6) is 0 Å². The number of fused-ring (bicyclic) bond motifs is 2. The Hall–Kier alpha value is -2.68. The van der Waals surface area contributed by atoms with Gasteiger partial charge in [0.05, 0.1) is 28.3 Å². The third kappa shape index (κ3) is 5.42. The lowest BCUT2D eigenvalue weighted by molar-refractivity contribution is -0.0306. The highest BCUT2D eigenvalue weighted by atomic mass is 35.5. The van der Waals surface area contributed by atoms with Gasteiger partial charge in [-0.1, -0.05) is 58.7 Å². The Kier molecular flexibility index (Phi) is 7.65. The fourth-order valence-electron chi connectivity index (χ4n) is 6.68. The highest BCUT2D eigenvalue weighted by molar-refractivity contribution is 7.15. The van der Waals surface area contributed by atoms with Crippen molar-refractivity contribution < 1.29 is 19.2 Å². The molecule has 0 amide bonds. The highest BCUT2D eigenvalue weighted by Gasteiger charge is 2.43. The van der Waals surface area contributed by atoms with Gasteiger partial charge in [0.15, 0.2) is 0 Å². The van der Waals surface area contributed by atoms with E-state index in [1.54, 1.807) is 6.07 Å². The number of nitrogens with zero attached hydrogens (tertiary/aromatic N) is 2. The molecule has 2 atom stereocenters. The van der Waals surface area contributed by atoms with Crippen LogP contribution in [0.2, 0.25) is 10.0 Å². The van der Waals surface area contributed by atoms with Gasteiger partial charge in [-0.05, 0) is 74.8 Å². The Morgan fingerprint density at radius 1 is 1.07 bits per heavy atom. The van der Waals surface area contributed by atoms with E-state index < -0.39 is 5.97 Å². The maximum atomic E-state index is 11.4. The lowest BCUT2D eigenvalue weighted by Gasteiger charge is -2.39. The van der Waals surface area contributed by atoms with Crippen molar-refractivity contribution in [2.45, 2.75) is 82.7 Å². The summed E-state index contributed by atoms with van der Waals surface area (Å²) >= 11 is 14.7. The molecule has 2 aliphatic heterocycles. The van der Waals surface area contributed by atoms with Crippen LogP contribution >= 0.6 is 34.5 Å². The molecule has 4 heterocycles. The summed E-state index contributed by atoms with van der Waals surface area (Å²) in [6, 6.07) is 16.5. The lowest BCUT2D eigenvalue weighted by atomic mass is 9.97. The number of piperidine rings is 1. The number of carboxylic acid groups (broad SMARTS) is 1. The normalized spacial score (nSPS) is 22.1. The first-order valence-corrected chi connectivity index (χ1v) is 16.2. The minimum atomic E-state index is -0.879. The smallest absolute Gasteiger partial charge is 0.336 e. The van der Waals surface area contributed by atoms with Gasteiger partial charge < -0.3 is 14.4 Å². The molecular weight excluding hydrogens is 591 g/mol. The number of halogens is 2. The Morgan fingerprint density at radius 3 is 2.38 bits per heavy atom. The fraction of sp³-hybridized carbons (Fsp3) is 0.394. The summed E-state index contributed by atoms with van der Waals surface area (Å²) < 4.78 is 12.4. The van der Waals surface area contributed by atoms with Crippen molar-refractivity contribution in [3.63, 3.8) is 0 Å². The Labute approximate surface area is 259 Å². The van der Waals surface area contributed by atoms with Gasteiger partial charge in [-0.25, -0.2) is 4.79 Å². The zero-order chi connectivity index (χ0) is 29.0. The summed E-state index contributed by atoms with van der Waals surface area (Å²) in [7, 11) is 0. The van der Waals surface area contributed by atoms with Gasteiger partial charge in [0.1, 0.15) is 11.5 Å². The molecule has 1 N–H and O–H groups in total. The minimum absolute atomic E-state index is 0.222. The molecular formula is C33H32Cl2N2O4S. The molecule has 4 aromatic rings. The first kappa shape index (κ1) is 28.1. The van der Waals surface area contributed by atoms with E-state index in [2.05, 4.69) is 34.3 Å². The van der Waals surface area contributed by atoms with E-state index >= 15 is 0 Å². The van der Waals surface area contributed by atoms with Gasteiger partial charge >= 0.3 is 5.97 Å². The van der Waals surface area contributed by atoms with Gasteiger partial charge in [0.2, 0.25) is 0 Å². The number of rotatable bonds is 9. The molecule has 2 aromatic carbocycles. The SMILES string of the molecule is Cc1sc(-c2ccc(COC3CC4CCC(C3)N4Cc3c(-c4c(Cl)cccc4Cl)noc3C3CC3)cc2)cc1C(=O)O. The van der Waals surface area contributed by atoms with Crippen molar-refractivity contribution in [3.8, 4) is 21.7 Å². The van der Waals surface area contributed by atoms with E-state index in [0.717, 1.165) is 75.7 Å². The van der Waals surface area contributed by atoms with Gasteiger partial charge in [-0.3, -0.25) is 4.90 Å². The van der Waals surface area contributed by atoms with Crippen molar-refractivity contribution >= 4 is 40.5 Å². The van der Waals surface area contributed by atoms with E-state index in [4.69, 9.17) is 32.5 Å². The van der Waals surface area contributed by atoms with Crippen LogP contribution in [0.1, 0.15) is 76.6 Å². The first-order valence-electron chi connectivity index (χ1n) is 14.6. The summed E-state index contributed by atoms with van der Waals surface area (Å²) in [5, 5.41) is 15.1. The molecule has 3 aliphatic rings. The van der Waals surface area contributed by atoms with Gasteiger partial charge in [0.25, 0.3) is 0 Å². The molecule has 42 heavy (non-hydrogen) atoms. The van der Waals surface area contributed by atoms with Crippen LogP contribution in [0.25, 0.3) is 21.7 Å². The average Bonchev–Trinajstić information content (AvgIpc) is 3.55. The molecule has 9 heteroatoms. The third-order valence-electron chi connectivity index (χ3n) is 9.02. The summed E-state index contributed by atoms with van der Waals surface area (Å²) in [6.07, 6.45) is 6.85. The monoisotopic (exact) mass is 622 g/mol. The molecule has 2 aromatic heterocycles. The molecule has 2 saturated heterocycles. The maximum absolute atomic E-state index is 11.4. The summed E-state index contributed by atoms with van der Waals surface area (Å²) in [6.45, 7) is 3.21. The van der Waals surface area contributed by atoms with E-state index in [1.807, 2.05) is 25.1 Å². The second kappa shape index (κ2) is 11.4. The van der Waals surface area contributed by atoms with Crippen molar-refractivity contribution in [3.05, 3.63) is 85.9 Å². The standard InChI is InChI=1S/C33H32Cl2N2O4S/c1-18-25(33(38)39)15-29(42-18)20-7-5-19(6-8-20)17-40-24-13-22-11-12-23(14-24)37(22)16-26-31(36-41-32(26)21-9-10-21)30-27(34)3-2-4-28(30)35/h2-8,15,21-24H,9-14,16-17H2,1H3,(H,38,39). The van der Waals surface area contributed by atoms with Crippen LogP contribution in [0.4, 0.5) is 0 Å². The highest BCUT2D eigenvalue weighted by Crippen LogP contribution is 2.48. The van der Waals surface area contributed by atoms with Crippen LogP contribution in [-0.4, -0.2) is 39.3 Å². The zero-order valence-corrected chi connectivity index (χ0v) is 25.6. The topological polar surface area (TPSA) is 75.8 Å². The lowest BCUT2D eigenvalue weighted by Crippen LogP contribution is -2.45. The molecule has 7 rings (SSSR count). The van der Waals surface area contributed by atoms with Crippen molar-refractivity contribution in [1.82, 2.24) is 10.1 Å². The Balaban J connectivity index is 1.02. The van der Waals surface area contributed by atoms with E-state index in [-0.39, 0.29) is 6.10 Å². The van der Waals surface area contributed by atoms with Crippen LogP contribution in [-0.2, 0) is 17.9 Å². The summed E-state index contributed by atoms with van der Waals surface area (Å²) in [5.74, 6) is 0.560. The Morgan fingerprint density at radius 2 is 1.76 bits per heavy atom. The maximum Gasteiger partial charge on any atom is 0.336 e. The molecule has 2 bridgehead atoms. The number of carbonyl (C=O) groups is 1. The number of aromatic nitrogens is 1. The molecule has 6 nitrogen and oxygen atoms in total. The number of ether oxygens (including phenoxy) is 1. The number of hydrogen-bond donors (Lipinski definition) is 1. The quantitative estimate of drug-likeness (QED) is 0.201. The van der Waals surface area contributed by atoms with Crippen molar-refractivity contribution in [2.75, 3.05) is 0 Å². The van der Waals surface area contributed by atoms with Crippen LogP contribution in [0.15, 0.2) is 53.1 Å². The third-order valence-corrected chi connectivity index (χ3v) is 10.7. The van der Waals surface area contributed by atoms with Crippen LogP contribution < -0.4 is 0 Å². The van der Waals surface area contributed by atoms with Crippen LogP contribution in [0, 0.1) is 6.92 Å². The molecule has 0 spiro atoms. The largest absolute Gasteiger partial charge is 0.478 e. The predicted molar refractivity (Wildman–Crippen MR) is 166 cm³/mol. The van der Waals surface area contributed by atoms with E-state index in [9.17, 15) is 9.90 Å². The number of thiophene rings is 1. The molecule has 3 fully saturated rings. The molecule has 2 unspecified atom stereocenters. The summed E-state index contributed by atoms with van der Waals surface area (Å²) in [5.41, 5.74) is 5.22. The zero-order valence-electron chi connectivity index (χ0n) is 23.3.